The lowest BCUT2D eigenvalue weighted by Gasteiger charge is -2.10. The highest BCUT2D eigenvalue weighted by Gasteiger charge is 2.38. The molecular formula is C17H14BrF3N2O2. The van der Waals surface area contributed by atoms with Crippen LogP contribution in [-0.2, 0) is 16.0 Å². The number of benzene rings is 2. The fourth-order valence-electron chi connectivity index (χ4n) is 2.01. The molecule has 0 bridgehead atoms. The Morgan fingerprint density at radius 3 is 2.16 bits per heavy atom. The minimum atomic E-state index is -4.97. The molecule has 2 aromatic rings. The van der Waals surface area contributed by atoms with Crippen LogP contribution < -0.4 is 10.6 Å². The maximum absolute atomic E-state index is 12.2. The van der Waals surface area contributed by atoms with Gasteiger partial charge in [0.05, 0.1) is 0 Å². The van der Waals surface area contributed by atoms with Crippen LogP contribution in [0.1, 0.15) is 12.0 Å². The largest absolute Gasteiger partial charge is 0.471 e. The summed E-state index contributed by atoms with van der Waals surface area (Å²) in [6.07, 6.45) is -4.21. The van der Waals surface area contributed by atoms with Crippen LogP contribution in [0.25, 0.3) is 0 Å². The predicted octanol–water partition coefficient (Wildman–Crippen LogP) is 4.52. The van der Waals surface area contributed by atoms with Gasteiger partial charge in [0, 0.05) is 22.3 Å². The van der Waals surface area contributed by atoms with E-state index in [0.29, 0.717) is 12.1 Å². The molecule has 2 rings (SSSR count). The van der Waals surface area contributed by atoms with Crippen molar-refractivity contribution in [2.24, 2.45) is 0 Å². The smallest absolute Gasteiger partial charge is 0.326 e. The number of halogens is 4. The topological polar surface area (TPSA) is 58.2 Å². The van der Waals surface area contributed by atoms with E-state index in [0.717, 1.165) is 10.0 Å². The van der Waals surface area contributed by atoms with Crippen LogP contribution in [0.5, 0.6) is 0 Å². The Morgan fingerprint density at radius 2 is 1.56 bits per heavy atom. The van der Waals surface area contributed by atoms with Crippen molar-refractivity contribution >= 4 is 39.1 Å². The van der Waals surface area contributed by atoms with Gasteiger partial charge in [-0.05, 0) is 42.3 Å². The second-order valence-corrected chi connectivity index (χ2v) is 6.12. The molecule has 0 spiro atoms. The van der Waals surface area contributed by atoms with Gasteiger partial charge in [0.25, 0.3) is 0 Å². The zero-order valence-corrected chi connectivity index (χ0v) is 14.4. The van der Waals surface area contributed by atoms with Gasteiger partial charge in [0.2, 0.25) is 5.91 Å². The summed E-state index contributed by atoms with van der Waals surface area (Å²) < 4.78 is 37.7. The lowest BCUT2D eigenvalue weighted by molar-refractivity contribution is -0.167. The number of aryl methyl sites for hydroxylation is 1. The number of carbonyl (C=O) groups is 2. The maximum Gasteiger partial charge on any atom is 0.471 e. The van der Waals surface area contributed by atoms with E-state index in [9.17, 15) is 22.8 Å². The highest BCUT2D eigenvalue weighted by Crippen LogP contribution is 2.20. The molecule has 2 aromatic carbocycles. The van der Waals surface area contributed by atoms with Crippen LogP contribution in [0.3, 0.4) is 0 Å². The number of nitrogens with one attached hydrogen (secondary N) is 2. The van der Waals surface area contributed by atoms with Gasteiger partial charge in [-0.25, -0.2) is 0 Å². The van der Waals surface area contributed by atoms with Crippen molar-refractivity contribution in [2.75, 3.05) is 10.6 Å². The van der Waals surface area contributed by atoms with Crippen LogP contribution in [0, 0.1) is 0 Å². The lowest BCUT2D eigenvalue weighted by atomic mass is 10.1. The molecular weight excluding hydrogens is 401 g/mol. The van der Waals surface area contributed by atoms with Crippen molar-refractivity contribution < 1.29 is 22.8 Å². The van der Waals surface area contributed by atoms with E-state index in [1.54, 1.807) is 5.32 Å². The van der Waals surface area contributed by atoms with Gasteiger partial charge in [-0.15, -0.1) is 0 Å². The SMILES string of the molecule is O=C(CCc1ccc(Br)cc1)Nc1cccc(NC(=O)C(F)(F)F)c1. The maximum atomic E-state index is 12.2. The minimum absolute atomic E-state index is 0.0481. The summed E-state index contributed by atoms with van der Waals surface area (Å²) in [6.45, 7) is 0. The van der Waals surface area contributed by atoms with E-state index in [2.05, 4.69) is 21.2 Å². The monoisotopic (exact) mass is 414 g/mol. The van der Waals surface area contributed by atoms with Gasteiger partial charge in [0.15, 0.2) is 0 Å². The van der Waals surface area contributed by atoms with E-state index in [1.807, 2.05) is 24.3 Å². The summed E-state index contributed by atoms with van der Waals surface area (Å²) in [5.74, 6) is -2.34. The molecule has 0 aromatic heterocycles. The molecule has 0 aliphatic rings. The van der Waals surface area contributed by atoms with Crippen molar-refractivity contribution in [2.45, 2.75) is 19.0 Å². The fraction of sp³-hybridized carbons (Fsp3) is 0.176. The van der Waals surface area contributed by atoms with E-state index in [1.165, 1.54) is 24.3 Å². The van der Waals surface area contributed by atoms with E-state index in [4.69, 9.17) is 0 Å². The minimum Gasteiger partial charge on any atom is -0.326 e. The molecule has 2 N–H and O–H groups in total. The second-order valence-electron chi connectivity index (χ2n) is 5.21. The summed E-state index contributed by atoms with van der Waals surface area (Å²) in [5, 5.41) is 4.33. The van der Waals surface area contributed by atoms with Crippen LogP contribution in [-0.4, -0.2) is 18.0 Å². The number of hydrogen-bond donors (Lipinski definition) is 2. The first-order chi connectivity index (χ1) is 11.7. The number of rotatable bonds is 5. The molecule has 0 unspecified atom stereocenters. The average Bonchev–Trinajstić information content (AvgIpc) is 2.54. The summed E-state index contributed by atoms with van der Waals surface area (Å²) in [6, 6.07) is 13.1. The summed E-state index contributed by atoms with van der Waals surface area (Å²) in [7, 11) is 0. The molecule has 0 saturated carbocycles. The first kappa shape index (κ1) is 19.0. The third-order valence-electron chi connectivity index (χ3n) is 3.22. The highest BCUT2D eigenvalue weighted by atomic mass is 79.9. The van der Waals surface area contributed by atoms with Gasteiger partial charge < -0.3 is 10.6 Å². The third kappa shape index (κ3) is 6.22. The molecule has 0 saturated heterocycles. The number of hydrogen-bond acceptors (Lipinski definition) is 2. The standard InChI is InChI=1S/C17H14BrF3N2O2/c18-12-7-4-11(5-8-12)6-9-15(24)22-13-2-1-3-14(10-13)23-16(25)17(19,20)21/h1-5,7-8,10H,6,9H2,(H,22,24)(H,23,25). The van der Waals surface area contributed by atoms with Crippen molar-refractivity contribution in [1.82, 2.24) is 0 Å². The molecule has 4 nitrogen and oxygen atoms in total. The molecule has 0 heterocycles. The average molecular weight is 415 g/mol. The third-order valence-corrected chi connectivity index (χ3v) is 3.74. The molecule has 0 atom stereocenters. The molecule has 8 heteroatoms. The lowest BCUT2D eigenvalue weighted by Crippen LogP contribution is -2.29. The van der Waals surface area contributed by atoms with Crippen molar-refractivity contribution in [3.8, 4) is 0 Å². The molecule has 0 aliphatic heterocycles. The summed E-state index contributed by atoms with van der Waals surface area (Å²) >= 11 is 3.33. The van der Waals surface area contributed by atoms with Crippen molar-refractivity contribution in [3.05, 3.63) is 58.6 Å². The van der Waals surface area contributed by atoms with Crippen molar-refractivity contribution in [1.29, 1.82) is 0 Å². The van der Waals surface area contributed by atoms with Crippen molar-refractivity contribution in [3.63, 3.8) is 0 Å². The van der Waals surface area contributed by atoms with Gasteiger partial charge in [-0.1, -0.05) is 34.1 Å². The Hall–Kier alpha value is -2.35. The molecule has 0 aliphatic carbocycles. The normalized spacial score (nSPS) is 11.0. The zero-order chi connectivity index (χ0) is 18.4. The number of amides is 2. The van der Waals surface area contributed by atoms with Gasteiger partial charge in [-0.3, -0.25) is 9.59 Å². The number of alkyl halides is 3. The van der Waals surface area contributed by atoms with Gasteiger partial charge in [0.1, 0.15) is 0 Å². The van der Waals surface area contributed by atoms with Crippen LogP contribution in [0.15, 0.2) is 53.0 Å². The molecule has 0 fully saturated rings. The predicted molar refractivity (Wildman–Crippen MR) is 92.2 cm³/mol. The van der Waals surface area contributed by atoms with E-state index >= 15 is 0 Å². The first-order valence-electron chi connectivity index (χ1n) is 7.26. The quantitative estimate of drug-likeness (QED) is 0.755. The van der Waals surface area contributed by atoms with Crippen LogP contribution in [0.4, 0.5) is 24.5 Å². The Bertz CT molecular complexity index is 761. The first-order valence-corrected chi connectivity index (χ1v) is 8.06. The summed E-state index contributed by atoms with van der Waals surface area (Å²) in [5.41, 5.74) is 1.25. The van der Waals surface area contributed by atoms with Crippen LogP contribution >= 0.6 is 15.9 Å². The van der Waals surface area contributed by atoms with Gasteiger partial charge >= 0.3 is 12.1 Å². The van der Waals surface area contributed by atoms with E-state index in [-0.39, 0.29) is 18.0 Å². The Kier molecular flexibility index (Phi) is 6.19. The zero-order valence-electron chi connectivity index (χ0n) is 12.9. The molecule has 0 radical (unpaired) electrons. The Balaban J connectivity index is 1.91. The number of anilines is 2. The Labute approximate surface area is 150 Å². The molecule has 2 amide bonds. The van der Waals surface area contributed by atoms with Gasteiger partial charge in [-0.2, -0.15) is 13.2 Å². The van der Waals surface area contributed by atoms with E-state index < -0.39 is 12.1 Å². The Morgan fingerprint density at radius 1 is 0.960 bits per heavy atom. The highest BCUT2D eigenvalue weighted by molar-refractivity contribution is 9.10. The summed E-state index contributed by atoms with van der Waals surface area (Å²) in [4.78, 5) is 22.9. The number of carbonyl (C=O) groups excluding carboxylic acids is 2. The second kappa shape index (κ2) is 8.15. The molecule has 25 heavy (non-hydrogen) atoms. The van der Waals surface area contributed by atoms with Crippen LogP contribution in [0.2, 0.25) is 0 Å². The fourth-order valence-corrected chi connectivity index (χ4v) is 2.27. The molecule has 132 valence electrons.